The minimum atomic E-state index is -1.07. The van der Waals surface area contributed by atoms with E-state index < -0.39 is 6.23 Å². The van der Waals surface area contributed by atoms with Crippen LogP contribution in [0.3, 0.4) is 0 Å². The van der Waals surface area contributed by atoms with Gasteiger partial charge in [0, 0.05) is 24.2 Å². The second kappa shape index (κ2) is 6.38. The first kappa shape index (κ1) is 17.2. The van der Waals surface area contributed by atoms with Crippen LogP contribution in [0.25, 0.3) is 0 Å². The highest BCUT2D eigenvalue weighted by Gasteiger charge is 2.32. The molecule has 2 aromatic rings. The number of nitrogens with zero attached hydrogens (tertiary/aromatic N) is 4. The summed E-state index contributed by atoms with van der Waals surface area (Å²) in [4.78, 5) is 14.2. The van der Waals surface area contributed by atoms with Crippen molar-refractivity contribution < 1.29 is 14.6 Å². The van der Waals surface area contributed by atoms with Crippen molar-refractivity contribution in [3.8, 4) is 11.5 Å². The molecule has 0 saturated heterocycles. The van der Waals surface area contributed by atoms with Crippen molar-refractivity contribution in [2.24, 2.45) is 4.99 Å². The van der Waals surface area contributed by atoms with E-state index in [9.17, 15) is 5.11 Å². The first-order chi connectivity index (χ1) is 11.9. The molecule has 0 spiro atoms. The van der Waals surface area contributed by atoms with Crippen LogP contribution in [-0.4, -0.2) is 48.3 Å². The Kier molecular flexibility index (Phi) is 4.40. The van der Waals surface area contributed by atoms with Crippen molar-refractivity contribution in [2.45, 2.75) is 13.2 Å². The number of methoxy groups -OCH3 is 2. The molecule has 3 N–H and O–H groups in total. The number of nitrogens with two attached hydrogens (primary N) is 1. The maximum Gasteiger partial charge on any atom is 0.222 e. The SMILES string of the molecule is COc1cc(OC)c(Cl)c(C2=Nc3cnc(N)nc3N(C)C2O)c1C. The summed E-state index contributed by atoms with van der Waals surface area (Å²) in [6, 6.07) is 1.69. The van der Waals surface area contributed by atoms with Gasteiger partial charge < -0.3 is 25.2 Å². The van der Waals surface area contributed by atoms with E-state index in [1.165, 1.54) is 13.3 Å². The van der Waals surface area contributed by atoms with Crippen LogP contribution >= 0.6 is 11.6 Å². The third-order valence-electron chi connectivity index (χ3n) is 4.09. The summed E-state index contributed by atoms with van der Waals surface area (Å²) < 4.78 is 10.7. The number of ether oxygens (including phenoxy) is 2. The summed E-state index contributed by atoms with van der Waals surface area (Å²) in [5.74, 6) is 1.55. The standard InChI is InChI=1S/C16H18ClN5O3/c1-7-9(24-3)5-10(25-4)12(17)11(7)13-15(23)22(2)14-8(20-13)6-19-16(18)21-14/h5-6,15,23H,1-4H3,(H2,18,19,21). The summed E-state index contributed by atoms with van der Waals surface area (Å²) in [7, 11) is 4.75. The van der Waals surface area contributed by atoms with Crippen LogP contribution in [-0.2, 0) is 0 Å². The Morgan fingerprint density at radius 1 is 1.28 bits per heavy atom. The van der Waals surface area contributed by atoms with Gasteiger partial charge in [-0.2, -0.15) is 4.98 Å². The molecule has 0 radical (unpaired) electrons. The third-order valence-corrected chi connectivity index (χ3v) is 4.47. The quantitative estimate of drug-likeness (QED) is 0.858. The van der Waals surface area contributed by atoms with Crippen LogP contribution in [0.1, 0.15) is 11.1 Å². The zero-order chi connectivity index (χ0) is 18.3. The summed E-state index contributed by atoms with van der Waals surface area (Å²) in [6.45, 7) is 1.84. The smallest absolute Gasteiger partial charge is 0.222 e. The van der Waals surface area contributed by atoms with E-state index in [-0.39, 0.29) is 5.95 Å². The minimum absolute atomic E-state index is 0.105. The Balaban J connectivity index is 2.27. The average molecular weight is 364 g/mol. The van der Waals surface area contributed by atoms with E-state index in [1.807, 2.05) is 6.92 Å². The fraction of sp³-hybridized carbons (Fsp3) is 0.312. The van der Waals surface area contributed by atoms with Crippen LogP contribution < -0.4 is 20.1 Å². The molecule has 25 heavy (non-hydrogen) atoms. The Hall–Kier alpha value is -2.58. The topological polar surface area (TPSA) is 106 Å². The number of halogens is 1. The molecular formula is C16H18ClN5O3. The van der Waals surface area contributed by atoms with Gasteiger partial charge in [-0.25, -0.2) is 9.98 Å². The molecule has 8 nitrogen and oxygen atoms in total. The van der Waals surface area contributed by atoms with Crippen LogP contribution in [0.2, 0.25) is 5.02 Å². The molecule has 1 aliphatic heterocycles. The van der Waals surface area contributed by atoms with Crippen molar-refractivity contribution in [3.05, 3.63) is 28.4 Å². The third kappa shape index (κ3) is 2.73. The van der Waals surface area contributed by atoms with Gasteiger partial charge in [-0.15, -0.1) is 0 Å². The lowest BCUT2D eigenvalue weighted by atomic mass is 9.99. The molecule has 1 atom stereocenters. The highest BCUT2D eigenvalue weighted by Crippen LogP contribution is 2.40. The molecule has 132 valence electrons. The lowest BCUT2D eigenvalue weighted by Crippen LogP contribution is -2.42. The van der Waals surface area contributed by atoms with Gasteiger partial charge in [-0.1, -0.05) is 11.6 Å². The molecule has 1 aromatic carbocycles. The molecule has 3 rings (SSSR count). The molecule has 2 heterocycles. The van der Waals surface area contributed by atoms with Gasteiger partial charge in [0.05, 0.1) is 31.2 Å². The highest BCUT2D eigenvalue weighted by molar-refractivity contribution is 6.36. The van der Waals surface area contributed by atoms with Gasteiger partial charge in [0.15, 0.2) is 12.0 Å². The summed E-state index contributed by atoms with van der Waals surface area (Å²) in [5.41, 5.74) is 7.73. The number of anilines is 2. The second-order valence-corrected chi connectivity index (χ2v) is 5.89. The lowest BCUT2D eigenvalue weighted by molar-refractivity contribution is 0.239. The number of likely N-dealkylation sites (N-methyl/N-ethyl adjacent to an activating group) is 1. The lowest BCUT2D eigenvalue weighted by Gasteiger charge is -2.32. The molecule has 0 saturated carbocycles. The molecule has 0 amide bonds. The normalized spacial score (nSPS) is 16.3. The van der Waals surface area contributed by atoms with Gasteiger partial charge in [-0.05, 0) is 6.92 Å². The van der Waals surface area contributed by atoms with E-state index in [0.717, 1.165) is 5.56 Å². The molecule has 0 fully saturated rings. The molecule has 1 aromatic heterocycles. The van der Waals surface area contributed by atoms with Crippen molar-refractivity contribution in [1.29, 1.82) is 0 Å². The summed E-state index contributed by atoms with van der Waals surface area (Å²) in [6.07, 6.45) is 0.426. The number of hydrogen-bond acceptors (Lipinski definition) is 8. The Labute approximate surface area is 149 Å². The summed E-state index contributed by atoms with van der Waals surface area (Å²) >= 11 is 6.50. The highest BCUT2D eigenvalue weighted by atomic mass is 35.5. The predicted octanol–water partition coefficient (Wildman–Crippen LogP) is 1.93. The molecule has 1 aliphatic rings. The summed E-state index contributed by atoms with van der Waals surface area (Å²) in [5, 5.41) is 11.1. The van der Waals surface area contributed by atoms with Crippen molar-refractivity contribution in [1.82, 2.24) is 9.97 Å². The molecule has 0 aliphatic carbocycles. The number of aliphatic hydroxyl groups is 1. The second-order valence-electron chi connectivity index (χ2n) is 5.51. The zero-order valence-electron chi connectivity index (χ0n) is 14.2. The maximum absolute atomic E-state index is 10.8. The van der Waals surface area contributed by atoms with Crippen LogP contribution in [0.4, 0.5) is 17.5 Å². The maximum atomic E-state index is 10.8. The number of nitrogen functional groups attached to an aromatic ring is 1. The number of hydrogen-bond donors (Lipinski definition) is 2. The van der Waals surface area contributed by atoms with E-state index >= 15 is 0 Å². The molecular weight excluding hydrogens is 346 g/mol. The fourth-order valence-electron chi connectivity index (χ4n) is 2.76. The first-order valence-corrected chi connectivity index (χ1v) is 7.80. The molecule has 0 bridgehead atoms. The van der Waals surface area contributed by atoms with Crippen molar-refractivity contribution in [3.63, 3.8) is 0 Å². The van der Waals surface area contributed by atoms with E-state index in [0.29, 0.717) is 39.3 Å². The fourth-order valence-corrected chi connectivity index (χ4v) is 3.13. The molecule has 9 heteroatoms. The van der Waals surface area contributed by atoms with Crippen LogP contribution in [0, 0.1) is 6.92 Å². The van der Waals surface area contributed by atoms with Gasteiger partial charge in [0.2, 0.25) is 5.95 Å². The minimum Gasteiger partial charge on any atom is -0.496 e. The monoisotopic (exact) mass is 363 g/mol. The molecule has 1 unspecified atom stereocenters. The van der Waals surface area contributed by atoms with E-state index in [4.69, 9.17) is 26.8 Å². The van der Waals surface area contributed by atoms with Gasteiger partial charge in [0.1, 0.15) is 17.2 Å². The van der Waals surface area contributed by atoms with Gasteiger partial charge >= 0.3 is 0 Å². The predicted molar refractivity (Wildman–Crippen MR) is 96.3 cm³/mol. The van der Waals surface area contributed by atoms with Gasteiger partial charge in [-0.3, -0.25) is 0 Å². The van der Waals surface area contributed by atoms with Gasteiger partial charge in [0.25, 0.3) is 0 Å². The number of benzene rings is 1. The average Bonchev–Trinajstić information content (AvgIpc) is 2.60. The van der Waals surface area contributed by atoms with Crippen molar-refractivity contribution >= 4 is 34.8 Å². The van der Waals surface area contributed by atoms with Crippen molar-refractivity contribution in [2.75, 3.05) is 31.9 Å². The number of rotatable bonds is 3. The number of aliphatic imine (C=N–C) groups is 1. The van der Waals surface area contributed by atoms with E-state index in [1.54, 1.807) is 25.1 Å². The Morgan fingerprint density at radius 2 is 1.96 bits per heavy atom. The first-order valence-electron chi connectivity index (χ1n) is 7.42. The Morgan fingerprint density at radius 3 is 2.60 bits per heavy atom. The Bertz CT molecular complexity index is 843. The largest absolute Gasteiger partial charge is 0.496 e. The number of fused-ring (bicyclic) bond motifs is 1. The van der Waals surface area contributed by atoms with Crippen LogP contribution in [0.5, 0.6) is 11.5 Å². The van der Waals surface area contributed by atoms with Crippen LogP contribution in [0.15, 0.2) is 17.3 Å². The van der Waals surface area contributed by atoms with E-state index in [2.05, 4.69) is 15.0 Å². The number of aliphatic hydroxyl groups excluding tert-OH is 1. The number of aromatic nitrogens is 2. The zero-order valence-corrected chi connectivity index (χ0v) is 15.0.